The Hall–Kier alpha value is -3.25. The standard InChI is InChI=1S/C19H16N4O2/c24-11-10-23-19(25)7-6-16(21-23)15-8-9-22-17(13-20-18(22)12-15)14-4-2-1-3-5-14/h1-9,12-13,24H,10-11H2. The summed E-state index contributed by atoms with van der Waals surface area (Å²) in [7, 11) is 0. The molecule has 0 atom stereocenters. The first-order valence-electron chi connectivity index (χ1n) is 7.98. The van der Waals surface area contributed by atoms with Crippen LogP contribution in [0.1, 0.15) is 0 Å². The van der Waals surface area contributed by atoms with Gasteiger partial charge in [-0.2, -0.15) is 5.10 Å². The fourth-order valence-corrected chi connectivity index (χ4v) is 2.82. The first-order valence-corrected chi connectivity index (χ1v) is 7.98. The minimum atomic E-state index is -0.231. The molecule has 0 unspecified atom stereocenters. The molecule has 1 aromatic carbocycles. The van der Waals surface area contributed by atoms with Gasteiger partial charge in [-0.25, -0.2) is 9.67 Å². The van der Waals surface area contributed by atoms with Crippen molar-refractivity contribution in [2.24, 2.45) is 0 Å². The molecule has 3 heterocycles. The van der Waals surface area contributed by atoms with Crippen LogP contribution in [0.3, 0.4) is 0 Å². The van der Waals surface area contributed by atoms with E-state index in [0.717, 1.165) is 22.5 Å². The summed E-state index contributed by atoms with van der Waals surface area (Å²) in [4.78, 5) is 16.2. The second-order valence-corrected chi connectivity index (χ2v) is 5.66. The molecule has 4 rings (SSSR count). The van der Waals surface area contributed by atoms with Crippen LogP contribution in [0.4, 0.5) is 0 Å². The molecule has 0 saturated heterocycles. The van der Waals surface area contributed by atoms with Crippen LogP contribution in [0, 0.1) is 0 Å². The van der Waals surface area contributed by atoms with E-state index in [2.05, 4.69) is 10.1 Å². The molecule has 0 aliphatic heterocycles. The second kappa shape index (κ2) is 6.33. The van der Waals surface area contributed by atoms with Crippen LogP contribution in [-0.4, -0.2) is 30.9 Å². The summed E-state index contributed by atoms with van der Waals surface area (Å²) >= 11 is 0. The van der Waals surface area contributed by atoms with Crippen LogP contribution in [-0.2, 0) is 6.54 Å². The van der Waals surface area contributed by atoms with E-state index < -0.39 is 0 Å². The van der Waals surface area contributed by atoms with Crippen LogP contribution in [0.2, 0.25) is 0 Å². The molecule has 4 aromatic rings. The Morgan fingerprint density at radius 2 is 1.84 bits per heavy atom. The monoisotopic (exact) mass is 332 g/mol. The molecule has 0 amide bonds. The van der Waals surface area contributed by atoms with Crippen LogP contribution in [0.15, 0.2) is 71.8 Å². The molecule has 0 fully saturated rings. The van der Waals surface area contributed by atoms with Crippen molar-refractivity contribution >= 4 is 5.65 Å². The van der Waals surface area contributed by atoms with Gasteiger partial charge in [-0.05, 0) is 18.2 Å². The lowest BCUT2D eigenvalue weighted by Crippen LogP contribution is -2.23. The number of pyridine rings is 1. The number of nitrogens with zero attached hydrogens (tertiary/aromatic N) is 4. The highest BCUT2D eigenvalue weighted by molar-refractivity contribution is 5.68. The average Bonchev–Trinajstić information content (AvgIpc) is 3.07. The van der Waals surface area contributed by atoms with Crippen molar-refractivity contribution in [3.8, 4) is 22.5 Å². The number of hydrogen-bond donors (Lipinski definition) is 1. The summed E-state index contributed by atoms with van der Waals surface area (Å²) in [6.45, 7) is 0.0482. The molecule has 0 radical (unpaired) electrons. The fraction of sp³-hybridized carbons (Fsp3) is 0.105. The first-order chi connectivity index (χ1) is 12.3. The van der Waals surface area contributed by atoms with Crippen LogP contribution in [0.5, 0.6) is 0 Å². The number of aromatic nitrogens is 4. The molecule has 0 aliphatic carbocycles. The Bertz CT molecular complexity index is 1080. The highest BCUT2D eigenvalue weighted by Gasteiger charge is 2.08. The molecule has 6 heteroatoms. The summed E-state index contributed by atoms with van der Waals surface area (Å²) in [5.74, 6) is 0. The van der Waals surface area contributed by atoms with E-state index in [9.17, 15) is 4.79 Å². The molecule has 0 aliphatic rings. The second-order valence-electron chi connectivity index (χ2n) is 5.66. The Labute approximate surface area is 143 Å². The molecule has 3 aromatic heterocycles. The van der Waals surface area contributed by atoms with Crippen molar-refractivity contribution in [1.29, 1.82) is 0 Å². The maximum Gasteiger partial charge on any atom is 0.266 e. The highest BCUT2D eigenvalue weighted by Crippen LogP contribution is 2.23. The SMILES string of the molecule is O=c1ccc(-c2ccn3c(-c4ccccc4)cnc3c2)nn1CCO. The summed E-state index contributed by atoms with van der Waals surface area (Å²) in [6, 6.07) is 17.1. The third-order valence-electron chi connectivity index (χ3n) is 4.06. The Morgan fingerprint density at radius 1 is 1.00 bits per heavy atom. The molecule has 0 saturated carbocycles. The number of aliphatic hydroxyl groups excluding tert-OH is 1. The largest absolute Gasteiger partial charge is 0.394 e. The van der Waals surface area contributed by atoms with Crippen molar-refractivity contribution < 1.29 is 5.11 Å². The van der Waals surface area contributed by atoms with Crippen LogP contribution >= 0.6 is 0 Å². The van der Waals surface area contributed by atoms with Gasteiger partial charge in [0.25, 0.3) is 5.56 Å². The molecule has 0 bridgehead atoms. The van der Waals surface area contributed by atoms with Crippen molar-refractivity contribution in [3.05, 3.63) is 77.3 Å². The van der Waals surface area contributed by atoms with Gasteiger partial charge in [0.1, 0.15) is 5.65 Å². The van der Waals surface area contributed by atoms with Crippen molar-refractivity contribution in [2.75, 3.05) is 6.61 Å². The number of hydrogen-bond acceptors (Lipinski definition) is 4. The van der Waals surface area contributed by atoms with Gasteiger partial charge in [-0.3, -0.25) is 9.20 Å². The van der Waals surface area contributed by atoms with E-state index in [4.69, 9.17) is 5.11 Å². The Morgan fingerprint density at radius 3 is 2.64 bits per heavy atom. The van der Waals surface area contributed by atoms with Crippen molar-refractivity contribution in [2.45, 2.75) is 6.54 Å². The molecule has 6 nitrogen and oxygen atoms in total. The predicted molar refractivity (Wildman–Crippen MR) is 95.2 cm³/mol. The summed E-state index contributed by atoms with van der Waals surface area (Å²) in [5, 5.41) is 13.4. The van der Waals surface area contributed by atoms with Gasteiger partial charge < -0.3 is 5.11 Å². The lowest BCUT2D eigenvalue weighted by Gasteiger charge is -2.07. The lowest BCUT2D eigenvalue weighted by atomic mass is 10.1. The summed E-state index contributed by atoms with van der Waals surface area (Å²) in [6.07, 6.45) is 3.79. The Kier molecular flexibility index (Phi) is 3.87. The normalized spacial score (nSPS) is 11.1. The highest BCUT2D eigenvalue weighted by atomic mass is 16.3. The quantitative estimate of drug-likeness (QED) is 0.622. The van der Waals surface area contributed by atoms with Gasteiger partial charge in [-0.15, -0.1) is 0 Å². The lowest BCUT2D eigenvalue weighted by molar-refractivity contribution is 0.266. The zero-order valence-corrected chi connectivity index (χ0v) is 13.4. The number of benzene rings is 1. The molecule has 25 heavy (non-hydrogen) atoms. The number of fused-ring (bicyclic) bond motifs is 1. The fourth-order valence-electron chi connectivity index (χ4n) is 2.82. The van der Waals surface area contributed by atoms with E-state index in [1.807, 2.05) is 59.3 Å². The maximum atomic E-state index is 11.7. The van der Waals surface area contributed by atoms with Crippen LogP contribution < -0.4 is 5.56 Å². The average molecular weight is 332 g/mol. The van der Waals surface area contributed by atoms with Crippen molar-refractivity contribution in [3.63, 3.8) is 0 Å². The molecular formula is C19H16N4O2. The van der Waals surface area contributed by atoms with Gasteiger partial charge in [0, 0.05) is 23.4 Å². The van der Waals surface area contributed by atoms with Gasteiger partial charge in [0.15, 0.2) is 0 Å². The number of rotatable bonds is 4. The minimum absolute atomic E-state index is 0.129. The van der Waals surface area contributed by atoms with Gasteiger partial charge >= 0.3 is 0 Å². The van der Waals surface area contributed by atoms with E-state index in [-0.39, 0.29) is 18.7 Å². The summed E-state index contributed by atoms with van der Waals surface area (Å²) in [5.41, 5.74) is 4.21. The summed E-state index contributed by atoms with van der Waals surface area (Å²) < 4.78 is 3.28. The van der Waals surface area contributed by atoms with Gasteiger partial charge in [0.2, 0.25) is 0 Å². The topological polar surface area (TPSA) is 72.4 Å². The first kappa shape index (κ1) is 15.3. The molecule has 124 valence electrons. The zero-order chi connectivity index (χ0) is 17.2. The van der Waals surface area contributed by atoms with E-state index in [1.54, 1.807) is 6.07 Å². The predicted octanol–water partition coefficient (Wildman–Crippen LogP) is 2.22. The maximum absolute atomic E-state index is 11.7. The third kappa shape index (κ3) is 2.83. The van der Waals surface area contributed by atoms with E-state index in [0.29, 0.717) is 5.69 Å². The Balaban J connectivity index is 1.78. The number of imidazole rings is 1. The van der Waals surface area contributed by atoms with E-state index >= 15 is 0 Å². The number of aliphatic hydroxyl groups is 1. The third-order valence-corrected chi connectivity index (χ3v) is 4.06. The van der Waals surface area contributed by atoms with E-state index in [1.165, 1.54) is 10.7 Å². The van der Waals surface area contributed by atoms with Crippen LogP contribution in [0.25, 0.3) is 28.2 Å². The smallest absolute Gasteiger partial charge is 0.266 e. The zero-order valence-electron chi connectivity index (χ0n) is 13.4. The minimum Gasteiger partial charge on any atom is -0.394 e. The molecule has 1 N–H and O–H groups in total. The van der Waals surface area contributed by atoms with Crippen molar-refractivity contribution in [1.82, 2.24) is 19.2 Å². The van der Waals surface area contributed by atoms with Gasteiger partial charge in [-0.1, -0.05) is 30.3 Å². The van der Waals surface area contributed by atoms with Gasteiger partial charge in [0.05, 0.1) is 30.7 Å². The molecular weight excluding hydrogens is 316 g/mol. The molecule has 0 spiro atoms.